The molecule has 0 unspecified atom stereocenters. The largest absolute Gasteiger partial charge is 0.437 e. The number of carbonyl (C=O) groups excluding carboxylic acids is 1. The maximum atomic E-state index is 10.6. The van der Waals surface area contributed by atoms with Crippen molar-refractivity contribution >= 4 is 6.29 Å². The highest BCUT2D eigenvalue weighted by atomic mass is 16.5. The number of carbonyl (C=O) groups is 1. The average molecular weight is 268 g/mol. The highest BCUT2D eigenvalue weighted by molar-refractivity contribution is 5.74. The Kier molecular flexibility index (Phi) is 3.72. The molecular weight excluding hydrogens is 252 g/mol. The van der Waals surface area contributed by atoms with E-state index in [0.29, 0.717) is 23.1 Å². The summed E-state index contributed by atoms with van der Waals surface area (Å²) in [6.07, 6.45) is 8.97. The first-order chi connectivity index (χ1) is 9.86. The molecule has 1 fully saturated rings. The van der Waals surface area contributed by atoms with Gasteiger partial charge >= 0.3 is 0 Å². The molecule has 0 atom stereocenters. The van der Waals surface area contributed by atoms with Crippen molar-refractivity contribution in [3.05, 3.63) is 47.9 Å². The van der Waals surface area contributed by atoms with Crippen LogP contribution in [0, 0.1) is 0 Å². The molecule has 4 heteroatoms. The van der Waals surface area contributed by atoms with Crippen LogP contribution in [0.3, 0.4) is 0 Å². The van der Waals surface area contributed by atoms with Crippen LogP contribution < -0.4 is 4.74 Å². The molecule has 1 aliphatic rings. The van der Waals surface area contributed by atoms with Gasteiger partial charge in [-0.3, -0.25) is 9.78 Å². The number of rotatable bonds is 4. The Morgan fingerprint density at radius 1 is 1.05 bits per heavy atom. The lowest BCUT2D eigenvalue weighted by Crippen LogP contribution is -2.01. The van der Waals surface area contributed by atoms with Gasteiger partial charge in [0.25, 0.3) is 0 Å². The third-order valence-electron chi connectivity index (χ3n) is 3.66. The van der Waals surface area contributed by atoms with Gasteiger partial charge < -0.3 is 4.74 Å². The molecule has 0 saturated heterocycles. The third kappa shape index (κ3) is 2.69. The Hall–Kier alpha value is -2.23. The molecule has 0 aliphatic heterocycles. The Labute approximate surface area is 117 Å². The zero-order valence-corrected chi connectivity index (χ0v) is 11.2. The molecule has 1 heterocycles. The number of nitrogens with zero attached hydrogens (tertiary/aromatic N) is 2. The lowest BCUT2D eigenvalue weighted by molar-refractivity contribution is 0.112. The summed E-state index contributed by atoms with van der Waals surface area (Å²) in [6.45, 7) is 0. The Balaban J connectivity index is 1.84. The van der Waals surface area contributed by atoms with Crippen LogP contribution in [0.25, 0.3) is 0 Å². The number of benzene rings is 1. The monoisotopic (exact) mass is 268 g/mol. The molecule has 0 N–H and O–H groups in total. The molecule has 4 nitrogen and oxygen atoms in total. The van der Waals surface area contributed by atoms with Gasteiger partial charge in [-0.05, 0) is 37.1 Å². The fourth-order valence-electron chi connectivity index (χ4n) is 2.62. The summed E-state index contributed by atoms with van der Waals surface area (Å²) >= 11 is 0. The molecule has 1 saturated carbocycles. The van der Waals surface area contributed by atoms with Gasteiger partial charge in [-0.1, -0.05) is 12.8 Å². The topological polar surface area (TPSA) is 52.1 Å². The summed E-state index contributed by atoms with van der Waals surface area (Å²) in [6, 6.07) is 7.01. The molecule has 102 valence electrons. The number of aldehydes is 1. The van der Waals surface area contributed by atoms with Crippen molar-refractivity contribution < 1.29 is 9.53 Å². The zero-order valence-electron chi connectivity index (χ0n) is 11.2. The van der Waals surface area contributed by atoms with E-state index >= 15 is 0 Å². The minimum absolute atomic E-state index is 0.452. The first-order valence-corrected chi connectivity index (χ1v) is 6.91. The predicted molar refractivity (Wildman–Crippen MR) is 75.1 cm³/mol. The second kappa shape index (κ2) is 5.82. The van der Waals surface area contributed by atoms with E-state index < -0.39 is 0 Å². The van der Waals surface area contributed by atoms with Crippen LogP contribution in [0.4, 0.5) is 0 Å². The Morgan fingerprint density at radius 2 is 1.75 bits per heavy atom. The van der Waals surface area contributed by atoms with Crippen molar-refractivity contribution in [2.75, 3.05) is 0 Å². The molecule has 2 aromatic rings. The van der Waals surface area contributed by atoms with Crippen LogP contribution >= 0.6 is 0 Å². The minimum Gasteiger partial charge on any atom is -0.437 e. The van der Waals surface area contributed by atoms with Gasteiger partial charge in [0.15, 0.2) is 0 Å². The van der Waals surface area contributed by atoms with Crippen LogP contribution in [0.5, 0.6) is 11.6 Å². The molecule has 0 bridgehead atoms. The van der Waals surface area contributed by atoms with Crippen LogP contribution in [0.2, 0.25) is 0 Å². The van der Waals surface area contributed by atoms with Gasteiger partial charge in [0.05, 0.1) is 0 Å². The van der Waals surface area contributed by atoms with Gasteiger partial charge in [-0.2, -0.15) is 0 Å². The second-order valence-corrected chi connectivity index (χ2v) is 5.02. The maximum absolute atomic E-state index is 10.6. The van der Waals surface area contributed by atoms with Gasteiger partial charge in [0.2, 0.25) is 5.88 Å². The van der Waals surface area contributed by atoms with Crippen LogP contribution in [0.1, 0.15) is 47.7 Å². The summed E-state index contributed by atoms with van der Waals surface area (Å²) in [4.78, 5) is 19.4. The summed E-state index contributed by atoms with van der Waals surface area (Å²) in [5, 5.41) is 0. The van der Waals surface area contributed by atoms with Crippen molar-refractivity contribution in [1.29, 1.82) is 0 Å². The SMILES string of the molecule is O=Cc1ccc(Oc2nccnc2C2CCCC2)cc1. The molecule has 0 amide bonds. The third-order valence-corrected chi connectivity index (χ3v) is 3.66. The zero-order chi connectivity index (χ0) is 13.8. The quantitative estimate of drug-likeness (QED) is 0.793. The molecule has 0 radical (unpaired) electrons. The van der Waals surface area contributed by atoms with Gasteiger partial charge in [0.1, 0.15) is 17.7 Å². The van der Waals surface area contributed by atoms with E-state index in [-0.39, 0.29) is 0 Å². The fourth-order valence-corrected chi connectivity index (χ4v) is 2.62. The van der Waals surface area contributed by atoms with Gasteiger partial charge in [-0.25, -0.2) is 4.98 Å². The number of aromatic nitrogens is 2. The lowest BCUT2D eigenvalue weighted by Gasteiger charge is -2.13. The van der Waals surface area contributed by atoms with Gasteiger partial charge in [0, 0.05) is 23.9 Å². The van der Waals surface area contributed by atoms with E-state index in [1.54, 1.807) is 36.7 Å². The summed E-state index contributed by atoms with van der Waals surface area (Å²) < 4.78 is 5.83. The smallest absolute Gasteiger partial charge is 0.241 e. The molecular formula is C16H16N2O2. The maximum Gasteiger partial charge on any atom is 0.241 e. The minimum atomic E-state index is 0.452. The molecule has 1 aromatic heterocycles. The fraction of sp³-hybridized carbons (Fsp3) is 0.312. The second-order valence-electron chi connectivity index (χ2n) is 5.02. The van der Waals surface area contributed by atoms with E-state index in [2.05, 4.69) is 9.97 Å². The molecule has 20 heavy (non-hydrogen) atoms. The predicted octanol–water partition coefficient (Wildman–Crippen LogP) is 3.74. The Bertz CT molecular complexity index is 590. The van der Waals surface area contributed by atoms with Crippen molar-refractivity contribution in [2.24, 2.45) is 0 Å². The van der Waals surface area contributed by atoms with Crippen molar-refractivity contribution in [3.8, 4) is 11.6 Å². The summed E-state index contributed by atoms with van der Waals surface area (Å²) in [5.41, 5.74) is 1.58. The summed E-state index contributed by atoms with van der Waals surface area (Å²) in [7, 11) is 0. The van der Waals surface area contributed by atoms with Crippen molar-refractivity contribution in [2.45, 2.75) is 31.6 Å². The Morgan fingerprint density at radius 3 is 2.45 bits per heavy atom. The van der Waals surface area contributed by atoms with Crippen molar-refractivity contribution in [1.82, 2.24) is 9.97 Å². The first kappa shape index (κ1) is 12.8. The number of hydrogen-bond donors (Lipinski definition) is 0. The van der Waals surface area contributed by atoms with Crippen LogP contribution in [0.15, 0.2) is 36.7 Å². The molecule has 3 rings (SSSR count). The van der Waals surface area contributed by atoms with E-state index in [1.165, 1.54) is 12.8 Å². The van der Waals surface area contributed by atoms with Crippen LogP contribution in [-0.4, -0.2) is 16.3 Å². The standard InChI is InChI=1S/C16H16N2O2/c19-11-12-5-7-14(8-6-12)20-16-15(17-9-10-18-16)13-3-1-2-4-13/h5-11,13H,1-4H2. The van der Waals surface area contributed by atoms with E-state index in [4.69, 9.17) is 4.74 Å². The summed E-state index contributed by atoms with van der Waals surface area (Å²) in [5.74, 6) is 1.71. The first-order valence-electron chi connectivity index (χ1n) is 6.91. The van der Waals surface area contributed by atoms with Crippen LogP contribution in [-0.2, 0) is 0 Å². The number of ether oxygens (including phenoxy) is 1. The lowest BCUT2D eigenvalue weighted by atomic mass is 10.0. The van der Waals surface area contributed by atoms with E-state index in [9.17, 15) is 4.79 Å². The van der Waals surface area contributed by atoms with Gasteiger partial charge in [-0.15, -0.1) is 0 Å². The number of hydrogen-bond acceptors (Lipinski definition) is 4. The van der Waals surface area contributed by atoms with Crippen molar-refractivity contribution in [3.63, 3.8) is 0 Å². The highest BCUT2D eigenvalue weighted by Gasteiger charge is 2.23. The highest BCUT2D eigenvalue weighted by Crippen LogP contribution is 2.37. The van der Waals surface area contributed by atoms with E-state index in [0.717, 1.165) is 24.8 Å². The molecule has 1 aliphatic carbocycles. The molecule has 1 aromatic carbocycles. The van der Waals surface area contributed by atoms with E-state index in [1.807, 2.05) is 0 Å². The average Bonchev–Trinajstić information content (AvgIpc) is 3.03. The normalized spacial score (nSPS) is 15.2. The molecule has 0 spiro atoms.